The predicted octanol–water partition coefficient (Wildman–Crippen LogP) is 4.18. The summed E-state index contributed by atoms with van der Waals surface area (Å²) in [5.41, 5.74) is 2.24. The Morgan fingerprint density at radius 2 is 2.10 bits per heavy atom. The van der Waals surface area contributed by atoms with Crippen molar-refractivity contribution in [3.63, 3.8) is 0 Å². The van der Waals surface area contributed by atoms with Crippen molar-refractivity contribution in [3.05, 3.63) is 36.0 Å². The first-order valence-electron chi connectivity index (χ1n) is 9.13. The molecule has 9 heteroatoms. The molecule has 3 aromatic rings. The van der Waals surface area contributed by atoms with Gasteiger partial charge in [-0.2, -0.15) is 14.0 Å². The zero-order valence-corrected chi connectivity index (χ0v) is 16.3. The van der Waals surface area contributed by atoms with Gasteiger partial charge in [0.1, 0.15) is 5.82 Å². The quantitative estimate of drug-likeness (QED) is 0.672. The van der Waals surface area contributed by atoms with E-state index < -0.39 is 11.7 Å². The van der Waals surface area contributed by atoms with E-state index in [1.54, 1.807) is 25.3 Å². The third kappa shape index (κ3) is 4.37. The molecule has 3 aromatic heterocycles. The maximum absolute atomic E-state index is 13.8. The Bertz CT molecular complexity index is 1110. The lowest BCUT2D eigenvalue weighted by Crippen LogP contribution is -2.13. The van der Waals surface area contributed by atoms with Crippen LogP contribution in [0.15, 0.2) is 24.5 Å². The number of rotatable bonds is 6. The van der Waals surface area contributed by atoms with Crippen molar-refractivity contribution in [1.82, 2.24) is 19.5 Å². The van der Waals surface area contributed by atoms with Gasteiger partial charge < -0.3 is 9.88 Å². The Hall–Kier alpha value is -3.41. The molecule has 150 valence electrons. The molecule has 0 bridgehead atoms. The van der Waals surface area contributed by atoms with Gasteiger partial charge in [-0.3, -0.25) is 4.79 Å². The zero-order valence-electron chi connectivity index (χ0n) is 16.3. The number of amides is 1. The highest BCUT2D eigenvalue weighted by atomic mass is 19.3. The fourth-order valence-corrected chi connectivity index (χ4v) is 3.00. The van der Waals surface area contributed by atoms with Crippen LogP contribution in [-0.4, -0.2) is 25.4 Å². The van der Waals surface area contributed by atoms with Gasteiger partial charge in [0.2, 0.25) is 5.91 Å². The second-order valence-electron chi connectivity index (χ2n) is 6.73. The number of aromatic nitrogens is 4. The van der Waals surface area contributed by atoms with Crippen LogP contribution < -0.4 is 5.32 Å². The molecule has 3 rings (SSSR count). The largest absolute Gasteiger partial charge is 0.346 e. The lowest BCUT2D eigenvalue weighted by Gasteiger charge is -2.11. The van der Waals surface area contributed by atoms with E-state index in [9.17, 15) is 13.6 Å². The first-order valence-corrected chi connectivity index (χ1v) is 9.13. The van der Waals surface area contributed by atoms with E-state index in [0.717, 1.165) is 17.8 Å². The highest BCUT2D eigenvalue weighted by Crippen LogP contribution is 2.33. The third-order valence-corrected chi connectivity index (χ3v) is 4.36. The Morgan fingerprint density at radius 3 is 2.76 bits per heavy atom. The van der Waals surface area contributed by atoms with Gasteiger partial charge >= 0.3 is 5.92 Å². The fourth-order valence-electron chi connectivity index (χ4n) is 3.00. The van der Waals surface area contributed by atoms with E-state index in [1.807, 2.05) is 23.8 Å². The fraction of sp³-hybridized carbons (Fsp3) is 0.350. The Labute approximate surface area is 166 Å². The number of nitrogens with one attached hydrogen (secondary N) is 1. The van der Waals surface area contributed by atoms with Gasteiger partial charge in [-0.25, -0.2) is 15.0 Å². The molecule has 0 spiro atoms. The molecule has 0 atom stereocenters. The summed E-state index contributed by atoms with van der Waals surface area (Å²) in [5, 5.41) is 12.0. The molecule has 0 fully saturated rings. The lowest BCUT2D eigenvalue weighted by atomic mass is 10.1. The molecule has 3 heterocycles. The van der Waals surface area contributed by atoms with Crippen molar-refractivity contribution in [2.24, 2.45) is 0 Å². The summed E-state index contributed by atoms with van der Waals surface area (Å²) in [6.07, 6.45) is 3.62. The van der Waals surface area contributed by atoms with Crippen molar-refractivity contribution in [2.45, 2.75) is 46.1 Å². The molecular formula is C20H20F2N6O. The summed E-state index contributed by atoms with van der Waals surface area (Å²) in [5.74, 6) is -3.70. The number of alkyl halides is 2. The number of hydrogen-bond acceptors (Lipinski definition) is 5. The molecule has 1 N–H and O–H groups in total. The summed E-state index contributed by atoms with van der Waals surface area (Å²) >= 11 is 0. The standard InChI is InChI=1S/C20H20F2N6O/c1-4-28-11-14(15-8-12(2)25-19(26-15)20(3,21)22)13-9-17(24-10-16(13)28)27-18(29)6-5-7-23/h8-11H,4-6H2,1-3H3,(H,24,27,29). The van der Waals surface area contributed by atoms with Crippen molar-refractivity contribution in [2.75, 3.05) is 5.32 Å². The van der Waals surface area contributed by atoms with Gasteiger partial charge in [0.25, 0.3) is 0 Å². The highest BCUT2D eigenvalue weighted by molar-refractivity contribution is 5.98. The second-order valence-corrected chi connectivity index (χ2v) is 6.73. The van der Waals surface area contributed by atoms with Gasteiger partial charge in [0.05, 0.1) is 23.5 Å². The molecule has 0 aliphatic rings. The van der Waals surface area contributed by atoms with Gasteiger partial charge in [0.15, 0.2) is 5.82 Å². The first kappa shape index (κ1) is 20.3. The maximum atomic E-state index is 13.8. The van der Waals surface area contributed by atoms with E-state index >= 15 is 0 Å². The summed E-state index contributed by atoms with van der Waals surface area (Å²) in [4.78, 5) is 24.1. The minimum absolute atomic E-state index is 0.0685. The summed E-state index contributed by atoms with van der Waals surface area (Å²) < 4.78 is 29.6. The number of anilines is 1. The van der Waals surface area contributed by atoms with Gasteiger partial charge in [-0.05, 0) is 26.0 Å². The molecule has 1 amide bonds. The van der Waals surface area contributed by atoms with Crippen molar-refractivity contribution in [3.8, 4) is 17.3 Å². The minimum atomic E-state index is -3.16. The van der Waals surface area contributed by atoms with Crippen molar-refractivity contribution in [1.29, 1.82) is 5.26 Å². The van der Waals surface area contributed by atoms with Crippen LogP contribution in [0.25, 0.3) is 22.2 Å². The number of fused-ring (bicyclic) bond motifs is 1. The normalized spacial score (nSPS) is 11.4. The molecule has 0 saturated carbocycles. The minimum Gasteiger partial charge on any atom is -0.346 e. The van der Waals surface area contributed by atoms with Crippen LogP contribution >= 0.6 is 0 Å². The maximum Gasteiger partial charge on any atom is 0.303 e. The molecule has 0 saturated heterocycles. The monoisotopic (exact) mass is 398 g/mol. The molecule has 0 aliphatic carbocycles. The number of nitriles is 1. The van der Waals surface area contributed by atoms with Crippen LogP contribution in [0.4, 0.5) is 14.6 Å². The zero-order chi connectivity index (χ0) is 21.2. The average Bonchev–Trinajstić information content (AvgIpc) is 3.03. The Balaban J connectivity index is 2.11. The number of halogens is 2. The number of hydrogen-bond donors (Lipinski definition) is 1. The van der Waals surface area contributed by atoms with Crippen LogP contribution in [0, 0.1) is 18.3 Å². The van der Waals surface area contributed by atoms with E-state index in [-0.39, 0.29) is 18.7 Å². The van der Waals surface area contributed by atoms with E-state index in [4.69, 9.17) is 5.26 Å². The molecule has 0 aromatic carbocycles. The van der Waals surface area contributed by atoms with Crippen LogP contribution in [0.1, 0.15) is 38.2 Å². The van der Waals surface area contributed by atoms with Crippen LogP contribution in [0.3, 0.4) is 0 Å². The van der Waals surface area contributed by atoms with E-state index in [2.05, 4.69) is 20.3 Å². The number of carbonyl (C=O) groups excluding carboxylic acids is 1. The van der Waals surface area contributed by atoms with E-state index in [1.165, 1.54) is 0 Å². The van der Waals surface area contributed by atoms with Crippen LogP contribution in [-0.2, 0) is 17.3 Å². The van der Waals surface area contributed by atoms with Gasteiger partial charge in [0, 0.05) is 49.2 Å². The predicted molar refractivity (Wildman–Crippen MR) is 104 cm³/mol. The highest BCUT2D eigenvalue weighted by Gasteiger charge is 2.29. The summed E-state index contributed by atoms with van der Waals surface area (Å²) in [6, 6.07) is 5.25. The summed E-state index contributed by atoms with van der Waals surface area (Å²) in [7, 11) is 0. The smallest absolute Gasteiger partial charge is 0.303 e. The second kappa shape index (κ2) is 7.91. The first-order chi connectivity index (χ1) is 13.7. The topological polar surface area (TPSA) is 96.5 Å². The van der Waals surface area contributed by atoms with Crippen molar-refractivity contribution < 1.29 is 13.6 Å². The van der Waals surface area contributed by atoms with Crippen molar-refractivity contribution >= 4 is 22.6 Å². The number of aryl methyl sites for hydroxylation is 2. The summed E-state index contributed by atoms with van der Waals surface area (Å²) in [6.45, 7) is 5.01. The molecule has 0 unspecified atom stereocenters. The van der Waals surface area contributed by atoms with E-state index in [0.29, 0.717) is 29.3 Å². The van der Waals surface area contributed by atoms with Crippen LogP contribution in [0.5, 0.6) is 0 Å². The number of nitrogens with zero attached hydrogens (tertiary/aromatic N) is 5. The average molecular weight is 398 g/mol. The SMILES string of the molecule is CCn1cc(-c2cc(C)nc(C(C)(F)F)n2)c2cc(NC(=O)CCC#N)ncc21. The molecule has 0 radical (unpaired) electrons. The van der Waals surface area contributed by atoms with Crippen LogP contribution in [0.2, 0.25) is 0 Å². The number of carbonyl (C=O) groups is 1. The Morgan fingerprint density at radius 1 is 1.34 bits per heavy atom. The molecule has 0 aliphatic heterocycles. The van der Waals surface area contributed by atoms with Gasteiger partial charge in [-0.15, -0.1) is 0 Å². The molecule has 7 nitrogen and oxygen atoms in total. The molecule has 29 heavy (non-hydrogen) atoms. The van der Waals surface area contributed by atoms with Gasteiger partial charge in [-0.1, -0.05) is 0 Å². The number of pyridine rings is 1. The lowest BCUT2D eigenvalue weighted by molar-refractivity contribution is -0.116. The Kier molecular flexibility index (Phi) is 5.55. The third-order valence-electron chi connectivity index (χ3n) is 4.36. The molecular weight excluding hydrogens is 378 g/mol.